The maximum atomic E-state index is 5.97. The van der Waals surface area contributed by atoms with Crippen LogP contribution in [0.2, 0.25) is 0 Å². The van der Waals surface area contributed by atoms with Crippen LogP contribution in [0.25, 0.3) is 0 Å². The maximum absolute atomic E-state index is 5.97. The van der Waals surface area contributed by atoms with Crippen molar-refractivity contribution in [1.82, 2.24) is 5.32 Å². The highest BCUT2D eigenvalue weighted by Crippen LogP contribution is 2.23. The number of likely N-dealkylation sites (N-methyl/N-ethyl adjacent to an activating group) is 1. The first-order valence-electron chi connectivity index (χ1n) is 7.15. The van der Waals surface area contributed by atoms with Gasteiger partial charge in [0, 0.05) is 0 Å². The summed E-state index contributed by atoms with van der Waals surface area (Å²) in [4.78, 5) is 0. The van der Waals surface area contributed by atoms with E-state index in [0.717, 1.165) is 22.6 Å². The summed E-state index contributed by atoms with van der Waals surface area (Å²) in [7, 11) is 3.62. The molecule has 2 aromatic carbocycles. The van der Waals surface area contributed by atoms with Crippen LogP contribution in [-0.4, -0.2) is 20.8 Å². The van der Waals surface area contributed by atoms with Crippen LogP contribution in [0.3, 0.4) is 0 Å². The van der Waals surface area contributed by atoms with E-state index in [-0.39, 0.29) is 6.04 Å². The Hall–Kier alpha value is -2.00. The molecule has 0 aromatic heterocycles. The second kappa shape index (κ2) is 7.14. The highest BCUT2D eigenvalue weighted by atomic mass is 16.5. The smallest absolute Gasteiger partial charge is 0.122 e. The van der Waals surface area contributed by atoms with Gasteiger partial charge in [-0.1, -0.05) is 29.8 Å². The van der Waals surface area contributed by atoms with Crippen LogP contribution in [0.1, 0.15) is 22.7 Å². The van der Waals surface area contributed by atoms with Crippen molar-refractivity contribution in [1.29, 1.82) is 0 Å². The number of hydrogen-bond acceptors (Lipinski definition) is 3. The summed E-state index contributed by atoms with van der Waals surface area (Å²) >= 11 is 0. The Balaban J connectivity index is 2.08. The first-order chi connectivity index (χ1) is 10.1. The Morgan fingerprint density at radius 3 is 2.57 bits per heavy atom. The van der Waals surface area contributed by atoms with Gasteiger partial charge in [0.25, 0.3) is 0 Å². The fourth-order valence-corrected chi connectivity index (χ4v) is 2.34. The Bertz CT molecular complexity index is 596. The first-order valence-corrected chi connectivity index (χ1v) is 7.15. The SMILES string of the molecule is CNC(COc1ccc(C)cc1C)c1cccc(OC)c1. The van der Waals surface area contributed by atoms with Gasteiger partial charge in [0.05, 0.1) is 13.2 Å². The molecule has 2 aromatic rings. The quantitative estimate of drug-likeness (QED) is 0.878. The van der Waals surface area contributed by atoms with Crippen molar-refractivity contribution < 1.29 is 9.47 Å². The van der Waals surface area contributed by atoms with Crippen molar-refractivity contribution in [3.63, 3.8) is 0 Å². The second-order valence-corrected chi connectivity index (χ2v) is 5.20. The van der Waals surface area contributed by atoms with E-state index in [1.54, 1.807) is 7.11 Å². The predicted molar refractivity (Wildman–Crippen MR) is 86.2 cm³/mol. The molecule has 0 fully saturated rings. The third-order valence-corrected chi connectivity index (χ3v) is 3.58. The molecule has 0 amide bonds. The standard InChI is InChI=1S/C18H23NO2/c1-13-8-9-18(14(2)10-13)21-12-17(19-3)15-6-5-7-16(11-15)20-4/h5-11,17,19H,12H2,1-4H3. The van der Waals surface area contributed by atoms with Gasteiger partial charge in [0.15, 0.2) is 0 Å². The van der Waals surface area contributed by atoms with Gasteiger partial charge in [0.1, 0.15) is 18.1 Å². The average Bonchev–Trinajstić information content (AvgIpc) is 2.50. The molecule has 0 saturated heterocycles. The van der Waals surface area contributed by atoms with Gasteiger partial charge < -0.3 is 14.8 Å². The van der Waals surface area contributed by atoms with E-state index in [2.05, 4.69) is 37.4 Å². The molecule has 2 rings (SSSR count). The van der Waals surface area contributed by atoms with Crippen molar-refractivity contribution in [2.75, 3.05) is 20.8 Å². The van der Waals surface area contributed by atoms with Gasteiger partial charge >= 0.3 is 0 Å². The fraction of sp³-hybridized carbons (Fsp3) is 0.333. The zero-order valence-corrected chi connectivity index (χ0v) is 13.1. The van der Waals surface area contributed by atoms with Gasteiger partial charge in [-0.05, 0) is 50.2 Å². The van der Waals surface area contributed by atoms with Gasteiger partial charge in [-0.25, -0.2) is 0 Å². The van der Waals surface area contributed by atoms with Gasteiger partial charge in [-0.2, -0.15) is 0 Å². The number of nitrogens with one attached hydrogen (secondary N) is 1. The van der Waals surface area contributed by atoms with Crippen LogP contribution in [0.15, 0.2) is 42.5 Å². The van der Waals surface area contributed by atoms with Crippen LogP contribution in [-0.2, 0) is 0 Å². The first kappa shape index (κ1) is 15.4. The summed E-state index contributed by atoms with van der Waals surface area (Å²) in [6.45, 7) is 4.74. The molecular formula is C18H23NO2. The van der Waals surface area contributed by atoms with Crippen molar-refractivity contribution in [2.45, 2.75) is 19.9 Å². The Kier molecular flexibility index (Phi) is 5.23. The lowest BCUT2D eigenvalue weighted by Crippen LogP contribution is -2.23. The molecule has 0 aliphatic heterocycles. The minimum atomic E-state index is 0.126. The van der Waals surface area contributed by atoms with Crippen molar-refractivity contribution in [2.24, 2.45) is 0 Å². The maximum Gasteiger partial charge on any atom is 0.122 e. The molecule has 0 saturated carbocycles. The molecule has 0 radical (unpaired) electrons. The zero-order valence-electron chi connectivity index (χ0n) is 13.1. The van der Waals surface area contributed by atoms with Crippen LogP contribution < -0.4 is 14.8 Å². The molecule has 0 aliphatic carbocycles. The molecule has 0 aliphatic rings. The minimum Gasteiger partial charge on any atom is -0.497 e. The summed E-state index contributed by atoms with van der Waals surface area (Å²) in [6, 6.07) is 14.4. The van der Waals surface area contributed by atoms with Gasteiger partial charge in [-0.3, -0.25) is 0 Å². The van der Waals surface area contributed by atoms with E-state index >= 15 is 0 Å². The summed E-state index contributed by atoms with van der Waals surface area (Å²) < 4.78 is 11.2. The largest absolute Gasteiger partial charge is 0.497 e. The van der Waals surface area contributed by atoms with E-state index in [4.69, 9.17) is 9.47 Å². The molecule has 112 valence electrons. The molecule has 21 heavy (non-hydrogen) atoms. The van der Waals surface area contributed by atoms with Crippen molar-refractivity contribution >= 4 is 0 Å². The number of benzene rings is 2. The van der Waals surface area contributed by atoms with Gasteiger partial charge in [0.2, 0.25) is 0 Å². The fourth-order valence-electron chi connectivity index (χ4n) is 2.34. The van der Waals surface area contributed by atoms with Crippen LogP contribution in [0.5, 0.6) is 11.5 Å². The molecule has 3 heteroatoms. The Morgan fingerprint density at radius 2 is 1.90 bits per heavy atom. The topological polar surface area (TPSA) is 30.5 Å². The molecule has 0 bridgehead atoms. The van der Waals surface area contributed by atoms with E-state index < -0.39 is 0 Å². The number of methoxy groups -OCH3 is 1. The van der Waals surface area contributed by atoms with E-state index in [9.17, 15) is 0 Å². The third-order valence-electron chi connectivity index (χ3n) is 3.58. The number of hydrogen-bond donors (Lipinski definition) is 1. The molecule has 1 unspecified atom stereocenters. The van der Waals surface area contributed by atoms with E-state index in [0.29, 0.717) is 6.61 Å². The second-order valence-electron chi connectivity index (χ2n) is 5.20. The zero-order chi connectivity index (χ0) is 15.2. The minimum absolute atomic E-state index is 0.126. The van der Waals surface area contributed by atoms with Crippen LogP contribution in [0.4, 0.5) is 0 Å². The third kappa shape index (κ3) is 3.99. The summed E-state index contributed by atoms with van der Waals surface area (Å²) in [5.74, 6) is 1.79. The lowest BCUT2D eigenvalue weighted by atomic mass is 10.1. The number of aryl methyl sites for hydroxylation is 2. The molecule has 0 heterocycles. The van der Waals surface area contributed by atoms with Crippen molar-refractivity contribution in [3.8, 4) is 11.5 Å². The van der Waals surface area contributed by atoms with Crippen molar-refractivity contribution in [3.05, 3.63) is 59.2 Å². The molecule has 1 N–H and O–H groups in total. The summed E-state index contributed by atoms with van der Waals surface area (Å²) in [5.41, 5.74) is 3.56. The molecule has 1 atom stereocenters. The highest BCUT2D eigenvalue weighted by Gasteiger charge is 2.11. The highest BCUT2D eigenvalue weighted by molar-refractivity contribution is 5.36. The molecular weight excluding hydrogens is 262 g/mol. The Morgan fingerprint density at radius 1 is 1.10 bits per heavy atom. The number of ether oxygens (including phenoxy) is 2. The Labute approximate surface area is 126 Å². The van der Waals surface area contributed by atoms with Crippen LogP contribution >= 0.6 is 0 Å². The van der Waals surface area contributed by atoms with E-state index in [1.807, 2.05) is 31.3 Å². The monoisotopic (exact) mass is 285 g/mol. The molecule has 0 spiro atoms. The number of rotatable bonds is 6. The predicted octanol–water partition coefficient (Wildman–Crippen LogP) is 3.65. The van der Waals surface area contributed by atoms with E-state index in [1.165, 1.54) is 5.56 Å². The molecule has 3 nitrogen and oxygen atoms in total. The van der Waals surface area contributed by atoms with Crippen LogP contribution in [0, 0.1) is 13.8 Å². The normalized spacial score (nSPS) is 12.0. The summed E-state index contributed by atoms with van der Waals surface area (Å²) in [6.07, 6.45) is 0. The average molecular weight is 285 g/mol. The lowest BCUT2D eigenvalue weighted by molar-refractivity contribution is 0.271. The van der Waals surface area contributed by atoms with Gasteiger partial charge in [-0.15, -0.1) is 0 Å². The summed E-state index contributed by atoms with van der Waals surface area (Å²) in [5, 5.41) is 3.29. The lowest BCUT2D eigenvalue weighted by Gasteiger charge is -2.19.